The Balaban J connectivity index is 2.39. The van der Waals surface area contributed by atoms with E-state index in [1.54, 1.807) is 24.3 Å². The Bertz CT molecular complexity index is 629. The molecule has 1 aromatic carbocycles. The molecule has 0 unspecified atom stereocenters. The van der Waals surface area contributed by atoms with Crippen molar-refractivity contribution in [3.63, 3.8) is 0 Å². The molecule has 0 amide bonds. The van der Waals surface area contributed by atoms with Crippen LogP contribution in [0.2, 0.25) is 5.02 Å². The summed E-state index contributed by atoms with van der Waals surface area (Å²) in [6.07, 6.45) is -3.94. The van der Waals surface area contributed by atoms with Gasteiger partial charge in [-0.1, -0.05) is 23.7 Å². The Morgan fingerprint density at radius 1 is 1.14 bits per heavy atom. The molecule has 8 heteroatoms. The van der Waals surface area contributed by atoms with Crippen LogP contribution in [0.4, 0.5) is 19.1 Å². The molecule has 2 aromatic rings. The number of nitrogens with zero attached hydrogens (tertiary/aromatic N) is 2. The second kappa shape index (κ2) is 6.93. The molecular weight excluding hydrogens is 317 g/mol. The van der Waals surface area contributed by atoms with E-state index in [1.165, 1.54) is 0 Å². The topological polar surface area (TPSA) is 63.8 Å². The van der Waals surface area contributed by atoms with Gasteiger partial charge in [0.15, 0.2) is 5.69 Å². The van der Waals surface area contributed by atoms with Crippen LogP contribution >= 0.6 is 11.6 Å². The van der Waals surface area contributed by atoms with Gasteiger partial charge >= 0.3 is 6.18 Å². The predicted octanol–water partition coefficient (Wildman–Crippen LogP) is 3.58. The van der Waals surface area contributed by atoms with E-state index in [0.29, 0.717) is 30.1 Å². The van der Waals surface area contributed by atoms with Crippen LogP contribution in [-0.2, 0) is 6.18 Å². The number of benzene rings is 1. The maximum Gasteiger partial charge on any atom is 0.433 e. The van der Waals surface area contributed by atoms with Gasteiger partial charge in [-0.05, 0) is 31.2 Å². The Kier molecular flexibility index (Phi) is 5.20. The highest BCUT2D eigenvalue weighted by atomic mass is 35.5. The van der Waals surface area contributed by atoms with Gasteiger partial charge in [0, 0.05) is 17.1 Å². The molecule has 0 saturated carbocycles. The summed E-state index contributed by atoms with van der Waals surface area (Å²) in [7, 11) is 0. The minimum atomic E-state index is -4.55. The molecule has 0 atom stereocenters. The van der Waals surface area contributed by atoms with Crippen molar-refractivity contribution in [2.75, 3.05) is 18.4 Å². The fourth-order valence-corrected chi connectivity index (χ4v) is 1.87. The second-order valence-corrected chi connectivity index (χ2v) is 4.97. The van der Waals surface area contributed by atoms with E-state index >= 15 is 0 Å². The molecule has 0 radical (unpaired) electrons. The van der Waals surface area contributed by atoms with Gasteiger partial charge in [-0.3, -0.25) is 0 Å². The Morgan fingerprint density at radius 2 is 1.82 bits per heavy atom. The number of hydrogen-bond donors (Lipinski definition) is 2. The van der Waals surface area contributed by atoms with Crippen molar-refractivity contribution in [3.8, 4) is 11.3 Å². The maximum absolute atomic E-state index is 13.0. The number of halogens is 4. The fraction of sp³-hybridized carbons (Fsp3) is 0.286. The summed E-state index contributed by atoms with van der Waals surface area (Å²) in [5.41, 5.74) is 5.06. The number of rotatable bonds is 5. The third-order valence-corrected chi connectivity index (χ3v) is 3.07. The van der Waals surface area contributed by atoms with Crippen LogP contribution in [0.25, 0.3) is 11.3 Å². The zero-order valence-corrected chi connectivity index (χ0v) is 12.2. The first-order valence-corrected chi connectivity index (χ1v) is 6.94. The Labute approximate surface area is 130 Å². The lowest BCUT2D eigenvalue weighted by molar-refractivity contribution is -0.141. The summed E-state index contributed by atoms with van der Waals surface area (Å²) in [6, 6.07) is 7.31. The molecular formula is C14H14ClF3N4. The zero-order valence-electron chi connectivity index (χ0n) is 11.5. The van der Waals surface area contributed by atoms with Crippen LogP contribution in [-0.4, -0.2) is 23.1 Å². The van der Waals surface area contributed by atoms with Crippen LogP contribution in [0.15, 0.2) is 30.3 Å². The largest absolute Gasteiger partial charge is 0.433 e. The Morgan fingerprint density at radius 3 is 2.41 bits per heavy atom. The van der Waals surface area contributed by atoms with Crippen LogP contribution in [0.3, 0.4) is 0 Å². The minimum Gasteiger partial charge on any atom is -0.354 e. The van der Waals surface area contributed by atoms with Gasteiger partial charge in [0.1, 0.15) is 0 Å². The molecule has 22 heavy (non-hydrogen) atoms. The first-order valence-electron chi connectivity index (χ1n) is 6.56. The molecule has 0 aliphatic heterocycles. The lowest BCUT2D eigenvalue weighted by atomic mass is 10.1. The average molecular weight is 331 g/mol. The fourth-order valence-electron chi connectivity index (χ4n) is 1.74. The van der Waals surface area contributed by atoms with E-state index in [2.05, 4.69) is 15.3 Å². The van der Waals surface area contributed by atoms with Crippen molar-refractivity contribution < 1.29 is 13.2 Å². The van der Waals surface area contributed by atoms with E-state index in [4.69, 9.17) is 17.3 Å². The molecule has 0 fully saturated rings. The smallest absolute Gasteiger partial charge is 0.354 e. The normalized spacial score (nSPS) is 11.5. The molecule has 1 heterocycles. The molecule has 3 N–H and O–H groups in total. The molecule has 1 aromatic heterocycles. The van der Waals surface area contributed by atoms with Gasteiger partial charge in [-0.25, -0.2) is 9.97 Å². The monoisotopic (exact) mass is 330 g/mol. The van der Waals surface area contributed by atoms with Crippen molar-refractivity contribution in [1.82, 2.24) is 9.97 Å². The standard InChI is InChI=1S/C14H14ClF3N4/c15-10-4-2-9(3-5-10)11-8-12(14(16,17)18)22-13(21-11)20-7-1-6-19/h2-5,8H,1,6-7,19H2,(H,20,21,22). The van der Waals surface area contributed by atoms with E-state index in [9.17, 15) is 13.2 Å². The first kappa shape index (κ1) is 16.5. The molecule has 2 rings (SSSR count). The summed E-state index contributed by atoms with van der Waals surface area (Å²) in [5.74, 6) is -0.0757. The highest BCUT2D eigenvalue weighted by molar-refractivity contribution is 6.30. The summed E-state index contributed by atoms with van der Waals surface area (Å²) in [6.45, 7) is 0.827. The number of nitrogens with two attached hydrogens (primary N) is 1. The van der Waals surface area contributed by atoms with Crippen LogP contribution < -0.4 is 11.1 Å². The number of alkyl halides is 3. The summed E-state index contributed by atoms with van der Waals surface area (Å²) < 4.78 is 38.9. The lowest BCUT2D eigenvalue weighted by Crippen LogP contribution is -2.14. The van der Waals surface area contributed by atoms with Gasteiger partial charge in [-0.2, -0.15) is 13.2 Å². The highest BCUT2D eigenvalue weighted by Crippen LogP contribution is 2.31. The Hall–Kier alpha value is -1.86. The van der Waals surface area contributed by atoms with Crippen LogP contribution in [0.1, 0.15) is 12.1 Å². The first-order chi connectivity index (χ1) is 10.4. The quantitative estimate of drug-likeness (QED) is 0.823. The lowest BCUT2D eigenvalue weighted by Gasteiger charge is -2.11. The number of anilines is 1. The van der Waals surface area contributed by atoms with Crippen molar-refractivity contribution >= 4 is 17.5 Å². The van der Waals surface area contributed by atoms with E-state index in [1.807, 2.05) is 0 Å². The maximum atomic E-state index is 13.0. The van der Waals surface area contributed by atoms with Gasteiger partial charge in [0.2, 0.25) is 5.95 Å². The molecule has 0 spiro atoms. The third kappa shape index (κ3) is 4.32. The summed E-state index contributed by atoms with van der Waals surface area (Å²) >= 11 is 5.78. The SMILES string of the molecule is NCCCNc1nc(-c2ccc(Cl)cc2)cc(C(F)(F)F)n1. The number of aromatic nitrogens is 2. The van der Waals surface area contributed by atoms with Gasteiger partial charge in [0.25, 0.3) is 0 Å². The van der Waals surface area contributed by atoms with Crippen molar-refractivity contribution in [2.45, 2.75) is 12.6 Å². The molecule has 0 bridgehead atoms. The molecule has 0 aliphatic carbocycles. The van der Waals surface area contributed by atoms with Crippen molar-refractivity contribution in [1.29, 1.82) is 0 Å². The van der Waals surface area contributed by atoms with Crippen molar-refractivity contribution in [2.24, 2.45) is 5.73 Å². The minimum absolute atomic E-state index is 0.0757. The molecule has 0 saturated heterocycles. The number of nitrogens with one attached hydrogen (secondary N) is 1. The highest BCUT2D eigenvalue weighted by Gasteiger charge is 2.33. The average Bonchev–Trinajstić information content (AvgIpc) is 2.47. The number of hydrogen-bond acceptors (Lipinski definition) is 4. The summed E-state index contributed by atoms with van der Waals surface area (Å²) in [5, 5.41) is 3.25. The molecule has 118 valence electrons. The second-order valence-electron chi connectivity index (χ2n) is 4.54. The van der Waals surface area contributed by atoms with Gasteiger partial charge in [-0.15, -0.1) is 0 Å². The predicted molar refractivity (Wildman–Crippen MR) is 79.6 cm³/mol. The molecule has 4 nitrogen and oxygen atoms in total. The van der Waals surface area contributed by atoms with E-state index in [0.717, 1.165) is 6.07 Å². The zero-order chi connectivity index (χ0) is 16.2. The third-order valence-electron chi connectivity index (χ3n) is 2.82. The van der Waals surface area contributed by atoms with Crippen molar-refractivity contribution in [3.05, 3.63) is 41.0 Å². The van der Waals surface area contributed by atoms with Crippen LogP contribution in [0.5, 0.6) is 0 Å². The van der Waals surface area contributed by atoms with E-state index < -0.39 is 11.9 Å². The molecule has 0 aliphatic rings. The van der Waals surface area contributed by atoms with Gasteiger partial charge in [0.05, 0.1) is 5.69 Å². The van der Waals surface area contributed by atoms with Crippen LogP contribution in [0, 0.1) is 0 Å². The summed E-state index contributed by atoms with van der Waals surface area (Å²) in [4.78, 5) is 7.62. The van der Waals surface area contributed by atoms with E-state index in [-0.39, 0.29) is 11.6 Å². The van der Waals surface area contributed by atoms with Gasteiger partial charge < -0.3 is 11.1 Å².